The second-order valence-corrected chi connectivity index (χ2v) is 6.31. The highest BCUT2D eigenvalue weighted by atomic mass is 16.5. The molecule has 25 heavy (non-hydrogen) atoms. The highest BCUT2D eigenvalue weighted by molar-refractivity contribution is 5.93. The summed E-state index contributed by atoms with van der Waals surface area (Å²) in [5.41, 5.74) is 1.32. The fourth-order valence-corrected chi connectivity index (χ4v) is 3.03. The summed E-state index contributed by atoms with van der Waals surface area (Å²) >= 11 is 0. The lowest BCUT2D eigenvalue weighted by Gasteiger charge is -2.16. The largest absolute Gasteiger partial charge is 0.497 e. The van der Waals surface area contributed by atoms with E-state index in [0.29, 0.717) is 11.5 Å². The Morgan fingerprint density at radius 1 is 1.12 bits per heavy atom. The van der Waals surface area contributed by atoms with Gasteiger partial charge in [-0.3, -0.25) is 4.79 Å². The minimum atomic E-state index is -0.0974. The van der Waals surface area contributed by atoms with Crippen LogP contribution in [0.4, 0.5) is 11.6 Å². The fraction of sp³-hybridized carbons (Fsp3) is 0.421. The third kappa shape index (κ3) is 4.92. The number of methoxy groups -OCH3 is 1. The Bertz CT molecular complexity index is 695. The molecule has 1 aromatic carbocycles. The fourth-order valence-electron chi connectivity index (χ4n) is 3.03. The zero-order valence-corrected chi connectivity index (χ0v) is 14.5. The molecule has 0 bridgehead atoms. The van der Waals surface area contributed by atoms with Crippen molar-refractivity contribution in [1.82, 2.24) is 15.3 Å². The van der Waals surface area contributed by atoms with E-state index in [9.17, 15) is 4.79 Å². The van der Waals surface area contributed by atoms with E-state index < -0.39 is 0 Å². The maximum Gasteiger partial charge on any atom is 0.254 e. The zero-order chi connectivity index (χ0) is 17.5. The van der Waals surface area contributed by atoms with Crippen molar-refractivity contribution in [3.05, 3.63) is 42.2 Å². The van der Waals surface area contributed by atoms with Gasteiger partial charge in [0.2, 0.25) is 5.95 Å². The van der Waals surface area contributed by atoms with E-state index >= 15 is 0 Å². The van der Waals surface area contributed by atoms with Gasteiger partial charge < -0.3 is 15.4 Å². The molecule has 3 rings (SSSR count). The Morgan fingerprint density at radius 2 is 1.84 bits per heavy atom. The van der Waals surface area contributed by atoms with Crippen LogP contribution in [0.1, 0.15) is 48.9 Å². The first-order valence-corrected chi connectivity index (χ1v) is 8.78. The number of carbonyl (C=O) groups is 1. The summed E-state index contributed by atoms with van der Waals surface area (Å²) in [4.78, 5) is 20.8. The quantitative estimate of drug-likeness (QED) is 0.812. The first kappa shape index (κ1) is 17.2. The third-order valence-corrected chi connectivity index (χ3v) is 4.43. The molecule has 0 spiro atoms. The van der Waals surface area contributed by atoms with Crippen molar-refractivity contribution in [2.75, 3.05) is 12.4 Å². The second-order valence-electron chi connectivity index (χ2n) is 6.31. The van der Waals surface area contributed by atoms with Crippen molar-refractivity contribution in [1.29, 1.82) is 0 Å². The van der Waals surface area contributed by atoms with Crippen molar-refractivity contribution < 1.29 is 9.53 Å². The zero-order valence-electron chi connectivity index (χ0n) is 14.5. The summed E-state index contributed by atoms with van der Waals surface area (Å²) in [6.07, 6.45) is 10.1. The molecule has 0 atom stereocenters. The number of hydrogen-bond acceptors (Lipinski definition) is 5. The van der Waals surface area contributed by atoms with E-state index in [2.05, 4.69) is 20.6 Å². The summed E-state index contributed by atoms with van der Waals surface area (Å²) in [6.45, 7) is 0. The number of nitrogens with one attached hydrogen (secondary N) is 2. The molecule has 1 saturated carbocycles. The van der Waals surface area contributed by atoms with Gasteiger partial charge >= 0.3 is 0 Å². The molecule has 6 heteroatoms. The molecule has 1 heterocycles. The van der Waals surface area contributed by atoms with E-state index in [1.54, 1.807) is 19.5 Å². The molecule has 0 radical (unpaired) electrons. The molecular formula is C19H24N4O2. The van der Waals surface area contributed by atoms with Crippen LogP contribution < -0.4 is 15.4 Å². The van der Waals surface area contributed by atoms with E-state index in [1.165, 1.54) is 25.7 Å². The average Bonchev–Trinajstić information content (AvgIpc) is 2.91. The summed E-state index contributed by atoms with van der Waals surface area (Å²) in [5, 5.41) is 6.20. The predicted octanol–water partition coefficient (Wildman–Crippen LogP) is 3.68. The number of amides is 1. The van der Waals surface area contributed by atoms with Gasteiger partial charge in [-0.1, -0.05) is 31.7 Å². The molecular weight excluding hydrogens is 316 g/mol. The first-order valence-electron chi connectivity index (χ1n) is 8.78. The number of anilines is 2. The van der Waals surface area contributed by atoms with Crippen LogP contribution in [0.3, 0.4) is 0 Å². The molecule has 132 valence electrons. The number of nitrogens with zero attached hydrogens (tertiary/aromatic N) is 2. The van der Waals surface area contributed by atoms with E-state index in [-0.39, 0.29) is 11.9 Å². The maximum atomic E-state index is 12.4. The molecule has 1 aromatic heterocycles. The van der Waals surface area contributed by atoms with Gasteiger partial charge in [0.15, 0.2) is 0 Å². The average molecular weight is 340 g/mol. The monoisotopic (exact) mass is 340 g/mol. The second kappa shape index (κ2) is 8.46. The van der Waals surface area contributed by atoms with Gasteiger partial charge in [0.05, 0.1) is 12.7 Å². The van der Waals surface area contributed by atoms with Crippen LogP contribution in [0.15, 0.2) is 36.7 Å². The van der Waals surface area contributed by atoms with Gasteiger partial charge in [-0.05, 0) is 25.0 Å². The predicted molar refractivity (Wildman–Crippen MR) is 97.3 cm³/mol. The minimum Gasteiger partial charge on any atom is -0.497 e. The Balaban J connectivity index is 1.60. The van der Waals surface area contributed by atoms with Crippen molar-refractivity contribution >= 4 is 17.5 Å². The first-order chi connectivity index (χ1) is 12.2. The lowest BCUT2D eigenvalue weighted by Crippen LogP contribution is -2.34. The summed E-state index contributed by atoms with van der Waals surface area (Å²) < 4.78 is 5.19. The maximum absolute atomic E-state index is 12.4. The van der Waals surface area contributed by atoms with Crippen LogP contribution in [-0.2, 0) is 0 Å². The molecule has 2 aromatic rings. The lowest BCUT2D eigenvalue weighted by atomic mass is 10.1. The normalized spacial score (nSPS) is 15.2. The molecule has 0 unspecified atom stereocenters. The smallest absolute Gasteiger partial charge is 0.254 e. The Labute approximate surface area is 148 Å². The molecule has 0 aliphatic heterocycles. The van der Waals surface area contributed by atoms with Gasteiger partial charge in [0.25, 0.3) is 5.91 Å². The van der Waals surface area contributed by atoms with Crippen molar-refractivity contribution in [3.8, 4) is 5.75 Å². The molecule has 1 aliphatic rings. The van der Waals surface area contributed by atoms with Crippen molar-refractivity contribution in [2.24, 2.45) is 0 Å². The summed E-state index contributed by atoms with van der Waals surface area (Å²) in [5.74, 6) is 1.10. The van der Waals surface area contributed by atoms with Gasteiger partial charge in [-0.25, -0.2) is 9.97 Å². The van der Waals surface area contributed by atoms with Crippen molar-refractivity contribution in [2.45, 2.75) is 44.6 Å². The number of carbonyl (C=O) groups excluding carboxylic acids is 1. The number of rotatable bonds is 5. The third-order valence-electron chi connectivity index (χ3n) is 4.43. The number of benzene rings is 1. The van der Waals surface area contributed by atoms with Crippen LogP contribution in [0.5, 0.6) is 5.75 Å². The van der Waals surface area contributed by atoms with Gasteiger partial charge in [-0.15, -0.1) is 0 Å². The van der Waals surface area contributed by atoms with Gasteiger partial charge in [-0.2, -0.15) is 0 Å². The molecule has 1 fully saturated rings. The van der Waals surface area contributed by atoms with Crippen LogP contribution in [0.2, 0.25) is 0 Å². The molecule has 1 aliphatic carbocycles. The van der Waals surface area contributed by atoms with E-state index in [4.69, 9.17) is 4.74 Å². The minimum absolute atomic E-state index is 0.0974. The topological polar surface area (TPSA) is 76.1 Å². The van der Waals surface area contributed by atoms with Crippen LogP contribution in [0, 0.1) is 0 Å². The van der Waals surface area contributed by atoms with Gasteiger partial charge in [0.1, 0.15) is 5.75 Å². The van der Waals surface area contributed by atoms with Crippen LogP contribution >= 0.6 is 0 Å². The van der Waals surface area contributed by atoms with Crippen LogP contribution in [0.25, 0.3) is 0 Å². The van der Waals surface area contributed by atoms with E-state index in [0.717, 1.165) is 24.3 Å². The Hall–Kier alpha value is -2.63. The SMILES string of the molecule is COc1cccc(Nc2ncc(C(=O)NC3CCCCCC3)cn2)c1. The van der Waals surface area contributed by atoms with Gasteiger partial charge in [0, 0.05) is 30.2 Å². The number of hydrogen-bond donors (Lipinski definition) is 2. The van der Waals surface area contributed by atoms with E-state index in [1.807, 2.05) is 24.3 Å². The highest BCUT2D eigenvalue weighted by Crippen LogP contribution is 2.20. The summed E-state index contributed by atoms with van der Waals surface area (Å²) in [6, 6.07) is 7.78. The molecule has 1 amide bonds. The number of ether oxygens (including phenoxy) is 1. The highest BCUT2D eigenvalue weighted by Gasteiger charge is 2.16. The molecule has 0 saturated heterocycles. The number of aromatic nitrogens is 2. The summed E-state index contributed by atoms with van der Waals surface area (Å²) in [7, 11) is 1.62. The van der Waals surface area contributed by atoms with Crippen molar-refractivity contribution in [3.63, 3.8) is 0 Å². The lowest BCUT2D eigenvalue weighted by molar-refractivity contribution is 0.0932. The molecule has 6 nitrogen and oxygen atoms in total. The van der Waals surface area contributed by atoms with Crippen LogP contribution in [-0.4, -0.2) is 29.0 Å². The Morgan fingerprint density at radius 3 is 2.52 bits per heavy atom. The Kier molecular flexibility index (Phi) is 5.82. The molecule has 2 N–H and O–H groups in total. The standard InChI is InChI=1S/C19H24N4O2/c1-25-17-10-6-9-16(11-17)23-19-20-12-14(13-21-19)18(24)22-15-7-4-2-3-5-8-15/h6,9-13,15H,2-5,7-8H2,1H3,(H,22,24)(H,20,21,23).